The van der Waals surface area contributed by atoms with Crippen LogP contribution in [0.1, 0.15) is 32.1 Å². The lowest BCUT2D eigenvalue weighted by molar-refractivity contribution is -0.0277. The molecule has 0 aromatic heterocycles. The number of ether oxygens (including phenoxy) is 2. The minimum absolute atomic E-state index is 0.326. The predicted octanol–water partition coefficient (Wildman–Crippen LogP) is 2.37. The zero-order valence-corrected chi connectivity index (χ0v) is 6.91. The Labute approximate surface area is 71.3 Å². The van der Waals surface area contributed by atoms with Gasteiger partial charge in [0.25, 0.3) is 0 Å². The summed E-state index contributed by atoms with van der Waals surface area (Å²) in [5, 5.41) is 0. The minimum atomic E-state index is -0.556. The summed E-state index contributed by atoms with van der Waals surface area (Å²) < 4.78 is 9.73. The van der Waals surface area contributed by atoms with Crippen LogP contribution < -0.4 is 0 Å². The maximum absolute atomic E-state index is 10.8. The molecule has 66 valence electrons. The summed E-state index contributed by atoms with van der Waals surface area (Å²) in [6.07, 6.45) is 8.17. The quantitative estimate of drug-likeness (QED) is 0.521. The van der Waals surface area contributed by atoms with Crippen molar-refractivity contribution in [2.75, 3.05) is 0 Å². The second-order valence-corrected chi connectivity index (χ2v) is 3.40. The number of hydrogen-bond donors (Lipinski definition) is 0. The lowest BCUT2D eigenvalue weighted by atomic mass is 9.84. The molecule has 1 aliphatic heterocycles. The number of hydrogen-bond acceptors (Lipinski definition) is 3. The monoisotopic (exact) mass is 168 g/mol. The summed E-state index contributed by atoms with van der Waals surface area (Å²) in [5.41, 5.74) is -0.326. The SMILES string of the molecule is O=C1OC=CC2(CCCCC2)O1. The number of cyclic esters (lactones) is 1. The first-order valence-electron chi connectivity index (χ1n) is 4.38. The van der Waals surface area contributed by atoms with E-state index in [1.165, 1.54) is 12.7 Å². The van der Waals surface area contributed by atoms with Gasteiger partial charge < -0.3 is 9.47 Å². The molecule has 1 heterocycles. The third-order valence-corrected chi connectivity index (χ3v) is 2.52. The van der Waals surface area contributed by atoms with Gasteiger partial charge in [-0.25, -0.2) is 4.79 Å². The first kappa shape index (κ1) is 7.65. The second-order valence-electron chi connectivity index (χ2n) is 3.40. The second kappa shape index (κ2) is 2.81. The molecule has 0 radical (unpaired) electrons. The Kier molecular flexibility index (Phi) is 1.79. The van der Waals surface area contributed by atoms with Crippen molar-refractivity contribution in [3.63, 3.8) is 0 Å². The Morgan fingerprint density at radius 2 is 2.00 bits per heavy atom. The molecule has 0 bridgehead atoms. The molecule has 1 saturated carbocycles. The van der Waals surface area contributed by atoms with E-state index < -0.39 is 6.16 Å². The largest absolute Gasteiger partial charge is 0.514 e. The standard InChI is InChI=1S/C9H12O3/c10-8-11-7-6-9(12-8)4-2-1-3-5-9/h6-7H,1-5H2. The van der Waals surface area contributed by atoms with Crippen LogP contribution in [0.3, 0.4) is 0 Å². The summed E-state index contributed by atoms with van der Waals surface area (Å²) in [6, 6.07) is 0. The number of carbonyl (C=O) groups excluding carboxylic acids is 1. The molecule has 2 rings (SSSR count). The van der Waals surface area contributed by atoms with Crippen molar-refractivity contribution in [3.8, 4) is 0 Å². The van der Waals surface area contributed by atoms with Crippen LogP contribution in [0.15, 0.2) is 12.3 Å². The molecule has 1 fully saturated rings. The van der Waals surface area contributed by atoms with Crippen molar-refractivity contribution >= 4 is 6.16 Å². The Balaban J connectivity index is 2.12. The van der Waals surface area contributed by atoms with Gasteiger partial charge >= 0.3 is 6.16 Å². The number of carbonyl (C=O) groups is 1. The van der Waals surface area contributed by atoms with Crippen LogP contribution in [0.25, 0.3) is 0 Å². The van der Waals surface area contributed by atoms with Crippen LogP contribution >= 0.6 is 0 Å². The molecule has 12 heavy (non-hydrogen) atoms. The fourth-order valence-corrected chi connectivity index (χ4v) is 1.86. The van der Waals surface area contributed by atoms with E-state index >= 15 is 0 Å². The molecule has 1 aliphatic carbocycles. The number of rotatable bonds is 0. The third kappa shape index (κ3) is 1.31. The van der Waals surface area contributed by atoms with E-state index in [4.69, 9.17) is 4.74 Å². The highest BCUT2D eigenvalue weighted by molar-refractivity contribution is 5.63. The van der Waals surface area contributed by atoms with Crippen molar-refractivity contribution in [2.45, 2.75) is 37.7 Å². The van der Waals surface area contributed by atoms with Crippen molar-refractivity contribution in [1.29, 1.82) is 0 Å². The van der Waals surface area contributed by atoms with E-state index in [9.17, 15) is 4.79 Å². The molecule has 2 aliphatic rings. The van der Waals surface area contributed by atoms with E-state index in [-0.39, 0.29) is 5.60 Å². The maximum atomic E-state index is 10.8. The molecule has 0 unspecified atom stereocenters. The lowest BCUT2D eigenvalue weighted by Gasteiger charge is -2.34. The highest BCUT2D eigenvalue weighted by atomic mass is 16.7. The molecule has 3 nitrogen and oxygen atoms in total. The predicted molar refractivity (Wildman–Crippen MR) is 42.5 cm³/mol. The summed E-state index contributed by atoms with van der Waals surface area (Å²) >= 11 is 0. The third-order valence-electron chi connectivity index (χ3n) is 2.52. The first-order chi connectivity index (χ1) is 5.81. The van der Waals surface area contributed by atoms with Gasteiger partial charge in [-0.2, -0.15) is 0 Å². The van der Waals surface area contributed by atoms with E-state index in [0.29, 0.717) is 0 Å². The van der Waals surface area contributed by atoms with Gasteiger partial charge in [0.1, 0.15) is 5.60 Å². The average Bonchev–Trinajstić information content (AvgIpc) is 2.05. The van der Waals surface area contributed by atoms with Crippen molar-refractivity contribution in [3.05, 3.63) is 12.3 Å². The van der Waals surface area contributed by atoms with Crippen LogP contribution in [0.2, 0.25) is 0 Å². The summed E-state index contributed by atoms with van der Waals surface area (Å²) in [7, 11) is 0. The highest BCUT2D eigenvalue weighted by Crippen LogP contribution is 2.34. The Morgan fingerprint density at radius 1 is 1.25 bits per heavy atom. The summed E-state index contributed by atoms with van der Waals surface area (Å²) in [4.78, 5) is 10.8. The molecular formula is C9H12O3. The topological polar surface area (TPSA) is 35.5 Å². The zero-order valence-electron chi connectivity index (χ0n) is 6.91. The van der Waals surface area contributed by atoms with Crippen LogP contribution in [0.5, 0.6) is 0 Å². The first-order valence-corrected chi connectivity index (χ1v) is 4.38. The minimum Gasteiger partial charge on any atom is -0.423 e. The summed E-state index contributed by atoms with van der Waals surface area (Å²) in [5.74, 6) is 0. The molecule has 0 aromatic carbocycles. The van der Waals surface area contributed by atoms with Gasteiger partial charge in [0.05, 0.1) is 6.26 Å². The van der Waals surface area contributed by atoms with Crippen molar-refractivity contribution < 1.29 is 14.3 Å². The van der Waals surface area contributed by atoms with Crippen molar-refractivity contribution in [2.24, 2.45) is 0 Å². The fourth-order valence-electron chi connectivity index (χ4n) is 1.86. The molecule has 0 amide bonds. The van der Waals surface area contributed by atoms with Crippen LogP contribution in [0, 0.1) is 0 Å². The fraction of sp³-hybridized carbons (Fsp3) is 0.667. The Morgan fingerprint density at radius 3 is 2.67 bits per heavy atom. The highest BCUT2D eigenvalue weighted by Gasteiger charge is 2.36. The van der Waals surface area contributed by atoms with Crippen LogP contribution in [-0.2, 0) is 9.47 Å². The normalized spacial score (nSPS) is 26.5. The van der Waals surface area contributed by atoms with Gasteiger partial charge in [-0.05, 0) is 31.8 Å². The van der Waals surface area contributed by atoms with E-state index in [1.807, 2.05) is 6.08 Å². The van der Waals surface area contributed by atoms with Crippen LogP contribution in [0.4, 0.5) is 4.79 Å². The maximum Gasteiger partial charge on any atom is 0.514 e. The molecule has 0 N–H and O–H groups in total. The van der Waals surface area contributed by atoms with E-state index in [2.05, 4.69) is 4.74 Å². The van der Waals surface area contributed by atoms with E-state index in [0.717, 1.165) is 25.7 Å². The lowest BCUT2D eigenvalue weighted by Crippen LogP contribution is -2.37. The van der Waals surface area contributed by atoms with Crippen LogP contribution in [-0.4, -0.2) is 11.8 Å². The van der Waals surface area contributed by atoms with Gasteiger partial charge in [0, 0.05) is 0 Å². The molecular weight excluding hydrogens is 156 g/mol. The van der Waals surface area contributed by atoms with E-state index in [1.54, 1.807) is 0 Å². The molecule has 3 heteroatoms. The molecule has 1 spiro atoms. The smallest absolute Gasteiger partial charge is 0.423 e. The van der Waals surface area contributed by atoms with Gasteiger partial charge in [-0.3, -0.25) is 0 Å². The molecule has 0 aromatic rings. The molecule has 0 atom stereocenters. The Hall–Kier alpha value is -0.990. The average molecular weight is 168 g/mol. The van der Waals surface area contributed by atoms with Gasteiger partial charge in [-0.15, -0.1) is 0 Å². The van der Waals surface area contributed by atoms with Crippen molar-refractivity contribution in [1.82, 2.24) is 0 Å². The van der Waals surface area contributed by atoms with Gasteiger partial charge in [0.2, 0.25) is 0 Å². The van der Waals surface area contributed by atoms with Gasteiger partial charge in [-0.1, -0.05) is 6.42 Å². The summed E-state index contributed by atoms with van der Waals surface area (Å²) in [6.45, 7) is 0. The Bertz CT molecular complexity index is 214. The zero-order chi connectivity index (χ0) is 8.44. The van der Waals surface area contributed by atoms with Gasteiger partial charge in [0.15, 0.2) is 0 Å². The molecule has 0 saturated heterocycles.